The molecule has 1 spiro atoms. The molecule has 4 rings (SSSR count). The summed E-state index contributed by atoms with van der Waals surface area (Å²) in [5, 5.41) is 9.58. The fourth-order valence-electron chi connectivity index (χ4n) is 5.12. The van der Waals surface area contributed by atoms with E-state index in [9.17, 15) is 39.9 Å². The first-order chi connectivity index (χ1) is 16.9. The van der Waals surface area contributed by atoms with Crippen molar-refractivity contribution in [2.75, 3.05) is 32.4 Å². The molecule has 0 unspecified atom stereocenters. The summed E-state index contributed by atoms with van der Waals surface area (Å²) in [7, 11) is -3.23. The molecule has 5 nitrogen and oxygen atoms in total. The Bertz CT molecular complexity index is 1260. The third kappa shape index (κ3) is 4.86. The molecule has 1 N–H and O–H groups in total. The van der Waals surface area contributed by atoms with Crippen molar-refractivity contribution in [1.82, 2.24) is 9.21 Å². The zero-order chi connectivity index (χ0) is 27.6. The van der Waals surface area contributed by atoms with Crippen LogP contribution in [0.1, 0.15) is 23.6 Å². The first-order valence-corrected chi connectivity index (χ1v) is 13.2. The molecule has 0 aromatic heterocycles. The Hall–Kier alpha value is -2.22. The minimum Gasteiger partial charge on any atom is -0.369 e. The highest BCUT2D eigenvalue weighted by Gasteiger charge is 2.71. The lowest BCUT2D eigenvalue weighted by atomic mass is 9.74. The van der Waals surface area contributed by atoms with Gasteiger partial charge in [-0.15, -0.1) is 0 Å². The zero-order valence-electron chi connectivity index (χ0n) is 19.9. The van der Waals surface area contributed by atoms with Gasteiger partial charge in [-0.3, -0.25) is 4.90 Å². The fourth-order valence-corrected chi connectivity index (χ4v) is 6.14. The number of hydrogen-bond donors (Lipinski definition) is 1. The Labute approximate surface area is 209 Å². The molecule has 2 aromatic carbocycles. The Morgan fingerprint density at radius 3 is 1.92 bits per heavy atom. The van der Waals surface area contributed by atoms with Gasteiger partial charge in [-0.05, 0) is 29.2 Å². The van der Waals surface area contributed by atoms with Crippen LogP contribution in [0, 0.1) is 11.2 Å². The number of rotatable bonds is 6. The van der Waals surface area contributed by atoms with Crippen LogP contribution in [-0.4, -0.2) is 67.5 Å². The summed E-state index contributed by atoms with van der Waals surface area (Å²) in [6, 6.07) is 5.89. The van der Waals surface area contributed by atoms with Gasteiger partial charge >= 0.3 is 12.4 Å². The molecule has 0 atom stereocenters. The van der Waals surface area contributed by atoms with E-state index in [1.54, 1.807) is 13.0 Å². The van der Waals surface area contributed by atoms with E-state index in [1.807, 2.05) is 4.90 Å². The van der Waals surface area contributed by atoms with Crippen LogP contribution in [0.4, 0.5) is 30.7 Å². The maximum atomic E-state index is 15.0. The highest BCUT2D eigenvalue weighted by Crippen LogP contribution is 2.50. The molecule has 2 heterocycles. The van der Waals surface area contributed by atoms with Gasteiger partial charge in [0.2, 0.25) is 10.0 Å². The van der Waals surface area contributed by atoms with Gasteiger partial charge in [-0.2, -0.15) is 26.3 Å². The number of hydrogen-bond acceptors (Lipinski definition) is 4. The van der Waals surface area contributed by atoms with E-state index < -0.39 is 39.4 Å². The first-order valence-electron chi connectivity index (χ1n) is 11.4. The lowest BCUT2D eigenvalue weighted by Crippen LogP contribution is -2.72. The SMILES string of the molecule is CCc1cc(CN2CC3(C2)CN(S(C)(=O)=O)C3)c(F)cc1-c1ccc(C(O)(C(F)(F)F)C(F)(F)F)cc1. The van der Waals surface area contributed by atoms with Gasteiger partial charge in [0.05, 0.1) is 6.26 Å². The average Bonchev–Trinajstić information content (AvgIpc) is 2.72. The molecule has 0 radical (unpaired) electrons. The molecule has 0 aliphatic carbocycles. The number of aliphatic hydroxyl groups is 1. The molecule has 2 aromatic rings. The molecule has 2 fully saturated rings. The number of benzene rings is 2. The van der Waals surface area contributed by atoms with E-state index in [4.69, 9.17) is 0 Å². The zero-order valence-corrected chi connectivity index (χ0v) is 20.7. The molecule has 37 heavy (non-hydrogen) atoms. The number of nitrogens with zero attached hydrogens (tertiary/aromatic N) is 2. The molecule has 0 amide bonds. The van der Waals surface area contributed by atoms with Crippen molar-refractivity contribution < 1.29 is 44.3 Å². The van der Waals surface area contributed by atoms with Crippen LogP contribution < -0.4 is 0 Å². The van der Waals surface area contributed by atoms with Crippen molar-refractivity contribution in [3.05, 3.63) is 58.9 Å². The molecule has 2 aliphatic heterocycles. The predicted octanol–water partition coefficient (Wildman–Crippen LogP) is 4.44. The van der Waals surface area contributed by atoms with Crippen molar-refractivity contribution in [3.63, 3.8) is 0 Å². The van der Waals surface area contributed by atoms with Crippen LogP contribution in [0.25, 0.3) is 11.1 Å². The van der Waals surface area contributed by atoms with Gasteiger partial charge in [-0.1, -0.05) is 37.3 Å². The Morgan fingerprint density at radius 2 is 1.46 bits per heavy atom. The predicted molar refractivity (Wildman–Crippen MR) is 121 cm³/mol. The van der Waals surface area contributed by atoms with Crippen LogP contribution in [0.2, 0.25) is 0 Å². The highest BCUT2D eigenvalue weighted by atomic mass is 32.2. The number of sulfonamides is 1. The standard InChI is InChI=1S/C24H25F7N2O3S/c1-3-15-8-17(10-32-11-21(12-32)13-33(14-21)37(2,35)36)20(25)9-19(15)16-4-6-18(7-5-16)22(34,23(26,27)28)24(29,30)31/h4-9,34H,3,10-14H2,1-2H3. The van der Waals surface area contributed by atoms with E-state index in [0.29, 0.717) is 61.4 Å². The Balaban J connectivity index is 1.52. The number of aryl methyl sites for hydroxylation is 1. The van der Waals surface area contributed by atoms with Gasteiger partial charge in [0.25, 0.3) is 5.60 Å². The maximum Gasteiger partial charge on any atom is 0.430 e. The topological polar surface area (TPSA) is 60.9 Å². The van der Waals surface area contributed by atoms with Crippen LogP contribution in [0.5, 0.6) is 0 Å². The van der Waals surface area contributed by atoms with Crippen molar-refractivity contribution >= 4 is 10.0 Å². The molecule has 204 valence electrons. The lowest BCUT2D eigenvalue weighted by Gasteiger charge is -2.59. The van der Waals surface area contributed by atoms with E-state index in [-0.39, 0.29) is 17.5 Å². The van der Waals surface area contributed by atoms with Crippen molar-refractivity contribution in [2.24, 2.45) is 5.41 Å². The maximum absolute atomic E-state index is 15.0. The third-order valence-corrected chi connectivity index (χ3v) is 8.29. The average molecular weight is 555 g/mol. The largest absolute Gasteiger partial charge is 0.430 e. The summed E-state index contributed by atoms with van der Waals surface area (Å²) in [6.45, 7) is 4.15. The number of alkyl halides is 6. The Morgan fingerprint density at radius 1 is 0.919 bits per heavy atom. The van der Waals surface area contributed by atoms with Crippen LogP contribution >= 0.6 is 0 Å². The van der Waals surface area contributed by atoms with E-state index in [2.05, 4.69) is 0 Å². The molecular weight excluding hydrogens is 529 g/mol. The molecule has 0 bridgehead atoms. The lowest BCUT2D eigenvalue weighted by molar-refractivity contribution is -0.376. The van der Waals surface area contributed by atoms with Crippen LogP contribution in [0.15, 0.2) is 36.4 Å². The minimum atomic E-state index is -5.99. The van der Waals surface area contributed by atoms with E-state index in [1.165, 1.54) is 10.4 Å². The smallest absolute Gasteiger partial charge is 0.369 e. The molecule has 2 aliphatic rings. The Kier molecular flexibility index (Phi) is 6.71. The first kappa shape index (κ1) is 27.8. The summed E-state index contributed by atoms with van der Waals surface area (Å²) in [5.41, 5.74) is -4.98. The molecule has 2 saturated heterocycles. The monoisotopic (exact) mass is 554 g/mol. The van der Waals surface area contributed by atoms with Crippen LogP contribution in [-0.2, 0) is 28.6 Å². The second kappa shape index (κ2) is 8.92. The van der Waals surface area contributed by atoms with E-state index in [0.717, 1.165) is 18.4 Å². The van der Waals surface area contributed by atoms with Gasteiger partial charge in [0.1, 0.15) is 5.82 Å². The van der Waals surface area contributed by atoms with Crippen molar-refractivity contribution in [2.45, 2.75) is 37.8 Å². The van der Waals surface area contributed by atoms with Gasteiger partial charge in [-0.25, -0.2) is 17.1 Å². The summed E-state index contributed by atoms with van der Waals surface area (Å²) >= 11 is 0. The number of halogens is 7. The molecule has 0 saturated carbocycles. The summed E-state index contributed by atoms with van der Waals surface area (Å²) in [4.78, 5) is 1.99. The number of likely N-dealkylation sites (tertiary alicyclic amines) is 1. The minimum absolute atomic E-state index is 0.121. The normalized spacial score (nSPS) is 19.1. The third-order valence-electron chi connectivity index (χ3n) is 7.09. The summed E-state index contributed by atoms with van der Waals surface area (Å²) in [5.74, 6) is -0.578. The van der Waals surface area contributed by atoms with E-state index >= 15 is 4.39 Å². The molecule has 13 heteroatoms. The summed E-state index contributed by atoms with van der Waals surface area (Å²) in [6.07, 6.45) is -10.4. The van der Waals surface area contributed by atoms with Gasteiger partial charge in [0.15, 0.2) is 0 Å². The fraction of sp³-hybridized carbons (Fsp3) is 0.500. The van der Waals surface area contributed by atoms with Gasteiger partial charge < -0.3 is 5.11 Å². The van der Waals surface area contributed by atoms with Crippen LogP contribution in [0.3, 0.4) is 0 Å². The highest BCUT2D eigenvalue weighted by molar-refractivity contribution is 7.88. The van der Waals surface area contributed by atoms with Gasteiger partial charge in [0, 0.05) is 49.3 Å². The summed E-state index contributed by atoms with van der Waals surface area (Å²) < 4.78 is 119. The second-order valence-corrected chi connectivity index (χ2v) is 11.9. The van der Waals surface area contributed by atoms with Crippen molar-refractivity contribution in [3.8, 4) is 11.1 Å². The van der Waals surface area contributed by atoms with Crippen molar-refractivity contribution in [1.29, 1.82) is 0 Å². The quantitative estimate of drug-likeness (QED) is 0.537. The second-order valence-electron chi connectivity index (χ2n) is 9.91. The molecular formula is C24H25F7N2O3S.